The Kier molecular flexibility index (Phi) is 12.2. The molecular formula is C28H30ClN2NaO6S. The first-order chi connectivity index (χ1) is 17.9. The molecule has 0 unspecified atom stereocenters. The fourth-order valence-electron chi connectivity index (χ4n) is 3.59. The Labute approximate surface area is 259 Å². The fourth-order valence-corrected chi connectivity index (χ4v) is 4.73. The van der Waals surface area contributed by atoms with Crippen molar-refractivity contribution in [3.63, 3.8) is 0 Å². The molecule has 1 heterocycles. The average molecular weight is 581 g/mol. The van der Waals surface area contributed by atoms with Crippen LogP contribution in [0.25, 0.3) is 11.1 Å². The average Bonchev–Trinajstić information content (AvgIpc) is 3.26. The first-order valence-corrected chi connectivity index (χ1v) is 13.2. The molecule has 0 bridgehead atoms. The maximum Gasteiger partial charge on any atom is 1.00 e. The minimum Gasteiger partial charge on any atom is -1.00 e. The van der Waals surface area contributed by atoms with Gasteiger partial charge < -0.3 is 21.9 Å². The standard InChI is InChI=1S/C28H29ClN2O6S.Na.H/c1-28(2,3)37-27(36)24-20(17-9-5-4-6-10-17)16-38-25(24)31-23(33)12-8-7-11-22(32)30-21-14-13-18(29)15-19(21)26(34)35;;/h4-6,9-10,13-16H,7-8,11-12H2,1-3H3,(H,30,32)(H,31,33)(H,34,35);;/q;+1;-1. The molecule has 3 rings (SSSR count). The summed E-state index contributed by atoms with van der Waals surface area (Å²) < 4.78 is 5.60. The maximum atomic E-state index is 13.0. The van der Waals surface area contributed by atoms with Gasteiger partial charge in [0, 0.05) is 28.8 Å². The number of aromatic carboxylic acids is 1. The number of nitrogens with one attached hydrogen (secondary N) is 2. The van der Waals surface area contributed by atoms with Crippen molar-refractivity contribution in [3.8, 4) is 11.1 Å². The van der Waals surface area contributed by atoms with E-state index in [4.69, 9.17) is 16.3 Å². The number of benzene rings is 2. The van der Waals surface area contributed by atoms with Crippen molar-refractivity contribution in [1.29, 1.82) is 0 Å². The third-order valence-electron chi connectivity index (χ3n) is 5.28. The molecule has 3 aromatic rings. The first kappa shape index (κ1) is 32.5. The number of rotatable bonds is 10. The van der Waals surface area contributed by atoms with Crippen LogP contribution < -0.4 is 40.2 Å². The summed E-state index contributed by atoms with van der Waals surface area (Å²) in [5.41, 5.74) is 1.18. The third kappa shape index (κ3) is 9.77. The molecule has 0 radical (unpaired) electrons. The maximum absolute atomic E-state index is 13.0. The molecule has 2 amide bonds. The van der Waals surface area contributed by atoms with Gasteiger partial charge in [-0.15, -0.1) is 11.3 Å². The Bertz CT molecular complexity index is 1340. The first-order valence-electron chi connectivity index (χ1n) is 12.0. The summed E-state index contributed by atoms with van der Waals surface area (Å²) in [5, 5.41) is 17.2. The van der Waals surface area contributed by atoms with Crippen LogP contribution in [-0.2, 0) is 14.3 Å². The van der Waals surface area contributed by atoms with Gasteiger partial charge in [0.1, 0.15) is 16.2 Å². The summed E-state index contributed by atoms with van der Waals surface area (Å²) in [4.78, 5) is 49.4. The molecule has 0 aliphatic carbocycles. The van der Waals surface area contributed by atoms with E-state index in [0.717, 1.165) is 5.56 Å². The normalized spacial score (nSPS) is 10.8. The van der Waals surface area contributed by atoms with E-state index in [1.807, 2.05) is 35.7 Å². The number of thiophene rings is 1. The number of amides is 2. The van der Waals surface area contributed by atoms with Crippen LogP contribution in [0.15, 0.2) is 53.9 Å². The molecule has 2 aromatic carbocycles. The van der Waals surface area contributed by atoms with Crippen LogP contribution in [0.3, 0.4) is 0 Å². The predicted molar refractivity (Wildman–Crippen MR) is 150 cm³/mol. The number of ether oxygens (including phenoxy) is 1. The molecule has 0 aliphatic heterocycles. The Hall–Kier alpha value is -2.69. The van der Waals surface area contributed by atoms with Crippen molar-refractivity contribution in [2.24, 2.45) is 0 Å². The molecule has 0 fully saturated rings. The van der Waals surface area contributed by atoms with Crippen LogP contribution in [0.1, 0.15) is 68.6 Å². The number of anilines is 2. The minimum absolute atomic E-state index is 0. The summed E-state index contributed by atoms with van der Waals surface area (Å²) in [5.74, 6) is -2.38. The summed E-state index contributed by atoms with van der Waals surface area (Å²) in [6.07, 6.45) is 1.08. The van der Waals surface area contributed by atoms with Crippen molar-refractivity contribution in [2.45, 2.75) is 52.1 Å². The van der Waals surface area contributed by atoms with E-state index >= 15 is 0 Å². The molecule has 39 heavy (non-hydrogen) atoms. The molecule has 1 aromatic heterocycles. The van der Waals surface area contributed by atoms with E-state index in [2.05, 4.69) is 10.6 Å². The molecule has 0 aliphatic rings. The van der Waals surface area contributed by atoms with E-state index in [-0.39, 0.29) is 71.9 Å². The van der Waals surface area contributed by atoms with Crippen LogP contribution in [0.2, 0.25) is 5.02 Å². The van der Waals surface area contributed by atoms with Crippen molar-refractivity contribution in [1.82, 2.24) is 0 Å². The fraction of sp³-hybridized carbons (Fsp3) is 0.286. The summed E-state index contributed by atoms with van der Waals surface area (Å²) in [6, 6.07) is 13.6. The van der Waals surface area contributed by atoms with Crippen LogP contribution in [0, 0.1) is 0 Å². The quantitative estimate of drug-likeness (QED) is 0.189. The van der Waals surface area contributed by atoms with Crippen molar-refractivity contribution in [2.75, 3.05) is 10.6 Å². The minimum atomic E-state index is -1.20. The number of hydrogen-bond donors (Lipinski definition) is 3. The number of unbranched alkanes of at least 4 members (excludes halogenated alkanes) is 1. The zero-order chi connectivity index (χ0) is 27.9. The van der Waals surface area contributed by atoms with Gasteiger partial charge in [0.15, 0.2) is 0 Å². The van der Waals surface area contributed by atoms with E-state index in [9.17, 15) is 24.3 Å². The number of esters is 1. The Morgan fingerprint density at radius 2 is 1.59 bits per heavy atom. The van der Waals surface area contributed by atoms with Gasteiger partial charge in [-0.1, -0.05) is 41.9 Å². The van der Waals surface area contributed by atoms with Crippen LogP contribution >= 0.6 is 22.9 Å². The van der Waals surface area contributed by atoms with Gasteiger partial charge in [0.2, 0.25) is 11.8 Å². The number of carbonyl (C=O) groups is 4. The monoisotopic (exact) mass is 580 g/mol. The molecule has 0 saturated carbocycles. The van der Waals surface area contributed by atoms with Crippen LogP contribution in [-0.4, -0.2) is 34.5 Å². The molecule has 11 heteroatoms. The van der Waals surface area contributed by atoms with Crippen molar-refractivity contribution >= 4 is 57.4 Å². The summed E-state index contributed by atoms with van der Waals surface area (Å²) >= 11 is 7.09. The summed E-state index contributed by atoms with van der Waals surface area (Å²) in [7, 11) is 0. The largest absolute Gasteiger partial charge is 1.00 e. The predicted octanol–water partition coefficient (Wildman–Crippen LogP) is 3.98. The zero-order valence-corrected chi connectivity index (χ0v) is 25.9. The second-order valence-electron chi connectivity index (χ2n) is 9.52. The van der Waals surface area contributed by atoms with Crippen LogP contribution in [0.5, 0.6) is 0 Å². The van der Waals surface area contributed by atoms with Gasteiger partial charge in [-0.25, -0.2) is 9.59 Å². The Morgan fingerprint density at radius 3 is 2.18 bits per heavy atom. The van der Waals surface area contributed by atoms with Gasteiger partial charge in [0.05, 0.1) is 11.3 Å². The smallest absolute Gasteiger partial charge is 1.00 e. The molecule has 8 nitrogen and oxygen atoms in total. The van der Waals surface area contributed by atoms with Crippen molar-refractivity contribution in [3.05, 3.63) is 70.1 Å². The summed E-state index contributed by atoms with van der Waals surface area (Å²) in [6.45, 7) is 5.34. The van der Waals surface area contributed by atoms with Gasteiger partial charge in [-0.05, 0) is 57.4 Å². The Morgan fingerprint density at radius 1 is 0.974 bits per heavy atom. The number of carbonyl (C=O) groups excluding carboxylic acids is 3. The number of hydrogen-bond acceptors (Lipinski definition) is 6. The molecular weight excluding hydrogens is 551 g/mol. The number of carboxylic acid groups (broad SMARTS) is 1. The second kappa shape index (κ2) is 14.6. The van der Waals surface area contributed by atoms with Gasteiger partial charge in [0.25, 0.3) is 0 Å². The molecule has 0 spiro atoms. The van der Waals surface area contributed by atoms with E-state index in [0.29, 0.717) is 29.0 Å². The number of halogens is 1. The van der Waals surface area contributed by atoms with Gasteiger partial charge in [-0.2, -0.15) is 0 Å². The molecule has 0 atom stereocenters. The molecule has 202 valence electrons. The molecule has 0 saturated heterocycles. The topological polar surface area (TPSA) is 122 Å². The molecule has 3 N–H and O–H groups in total. The Balaban J connectivity index is 0.00000400. The third-order valence-corrected chi connectivity index (χ3v) is 6.41. The van der Waals surface area contributed by atoms with Gasteiger partial charge in [-0.3, -0.25) is 9.59 Å². The van der Waals surface area contributed by atoms with Crippen molar-refractivity contribution < 1.29 is 60.0 Å². The zero-order valence-electron chi connectivity index (χ0n) is 23.3. The van der Waals surface area contributed by atoms with E-state index < -0.39 is 17.5 Å². The van der Waals surface area contributed by atoms with E-state index in [1.165, 1.54) is 29.5 Å². The van der Waals surface area contributed by atoms with Gasteiger partial charge >= 0.3 is 41.5 Å². The SMILES string of the molecule is CC(C)(C)OC(=O)c1c(-c2ccccc2)csc1NC(=O)CCCCC(=O)Nc1ccc(Cl)cc1C(=O)O.[H-].[Na+]. The van der Waals surface area contributed by atoms with Crippen LogP contribution in [0.4, 0.5) is 10.7 Å². The number of carboxylic acids is 1. The van der Waals surface area contributed by atoms with E-state index in [1.54, 1.807) is 20.8 Å². The second-order valence-corrected chi connectivity index (χ2v) is 10.8.